The van der Waals surface area contributed by atoms with Gasteiger partial charge in [0, 0.05) is 56.9 Å². The van der Waals surface area contributed by atoms with Crippen LogP contribution in [-0.4, -0.2) is 154 Å². The number of ketones is 2. The van der Waals surface area contributed by atoms with Gasteiger partial charge in [0.15, 0.2) is 18.4 Å². The van der Waals surface area contributed by atoms with Crippen molar-refractivity contribution >= 4 is 17.5 Å². The highest BCUT2D eigenvalue weighted by atomic mass is 16.7. The second kappa shape index (κ2) is 19.0. The summed E-state index contributed by atoms with van der Waals surface area (Å²) in [6.07, 6.45) is -10.2. The number of nitrogens with zero attached hydrogens (tertiary/aromatic N) is 1. The zero-order valence-corrected chi connectivity index (χ0v) is 33.5. The molecule has 0 aromatic carbocycles. The van der Waals surface area contributed by atoms with Crippen molar-refractivity contribution in [2.75, 3.05) is 27.3 Å². The van der Waals surface area contributed by atoms with Gasteiger partial charge in [-0.2, -0.15) is 0 Å². The maximum atomic E-state index is 14.4. The van der Waals surface area contributed by atoms with E-state index < -0.39 is 114 Å². The van der Waals surface area contributed by atoms with Gasteiger partial charge in [-0.15, -0.1) is 0 Å². The van der Waals surface area contributed by atoms with Crippen LogP contribution in [0.25, 0.3) is 0 Å². The fraction of sp³-hybridized carbons (Fsp3) is 0.921. The molecular weight excluding hydrogens is 694 g/mol. The van der Waals surface area contributed by atoms with Crippen LogP contribution in [0.1, 0.15) is 94.4 Å². The molecular formula is C38H67NO14. The number of aliphatic hydroxyl groups excluding tert-OH is 4. The molecule has 15 nitrogen and oxygen atoms in total. The molecule has 3 saturated heterocycles. The summed E-state index contributed by atoms with van der Waals surface area (Å²) in [5.74, 6) is -5.91. The van der Waals surface area contributed by atoms with Crippen LogP contribution in [0, 0.1) is 23.7 Å². The summed E-state index contributed by atoms with van der Waals surface area (Å²) >= 11 is 0. The van der Waals surface area contributed by atoms with Gasteiger partial charge < -0.3 is 58.9 Å². The van der Waals surface area contributed by atoms with E-state index in [0.29, 0.717) is 19.4 Å². The van der Waals surface area contributed by atoms with Crippen molar-refractivity contribution in [2.45, 2.75) is 173 Å². The Morgan fingerprint density at radius 1 is 0.943 bits per heavy atom. The summed E-state index contributed by atoms with van der Waals surface area (Å²) in [6.45, 7) is 14.9. The van der Waals surface area contributed by atoms with Gasteiger partial charge in [-0.05, 0) is 60.9 Å². The van der Waals surface area contributed by atoms with Gasteiger partial charge in [0.25, 0.3) is 0 Å². The third kappa shape index (κ3) is 10.4. The number of esters is 1. The highest BCUT2D eigenvalue weighted by Gasteiger charge is 2.51. The van der Waals surface area contributed by atoms with E-state index in [9.17, 15) is 39.9 Å². The van der Waals surface area contributed by atoms with Gasteiger partial charge in [-0.3, -0.25) is 14.4 Å². The first-order valence-corrected chi connectivity index (χ1v) is 19.2. The predicted octanol–water partition coefficient (Wildman–Crippen LogP) is 1.36. The number of aliphatic hydroxyl groups is 5. The summed E-state index contributed by atoms with van der Waals surface area (Å²) in [6, 6.07) is -0.433. The van der Waals surface area contributed by atoms with Crippen LogP contribution >= 0.6 is 0 Å². The van der Waals surface area contributed by atoms with Gasteiger partial charge in [-0.25, -0.2) is 0 Å². The average molecular weight is 762 g/mol. The first-order chi connectivity index (χ1) is 24.6. The van der Waals surface area contributed by atoms with Crippen LogP contribution in [-0.2, 0) is 42.8 Å². The molecule has 3 rings (SSSR count). The minimum atomic E-state index is -2.02. The maximum Gasteiger partial charge on any atom is 0.311 e. The van der Waals surface area contributed by atoms with Crippen LogP contribution in [0.15, 0.2) is 0 Å². The van der Waals surface area contributed by atoms with E-state index in [4.69, 9.17) is 28.4 Å². The summed E-state index contributed by atoms with van der Waals surface area (Å²) in [5.41, 5.74) is -3.10. The lowest BCUT2D eigenvalue weighted by Gasteiger charge is -2.47. The van der Waals surface area contributed by atoms with Gasteiger partial charge >= 0.3 is 5.97 Å². The van der Waals surface area contributed by atoms with Crippen LogP contribution in [0.3, 0.4) is 0 Å². The summed E-state index contributed by atoms with van der Waals surface area (Å²) in [4.78, 5) is 44.1. The number of hydrogen-bond acceptors (Lipinski definition) is 15. The van der Waals surface area contributed by atoms with Crippen molar-refractivity contribution in [3.05, 3.63) is 0 Å². The van der Waals surface area contributed by atoms with Crippen LogP contribution in [0.4, 0.5) is 0 Å². The SMILES string of the molecule is CC[C@H]1OC(=O)[C@H](C)[C@@H](OC2C[C@@](C)(OC)[C@@H](O)[C@H](C)O2)[C@H](C)[C@@H](OC2O[C@H](C)C[C@H](N(C)CCCO)[C@H]2O)C(=O)C[C@@H](C)C(=O)[C@H](C)[C@@H](O)[C@]1(C)O. The molecule has 0 spiro atoms. The van der Waals surface area contributed by atoms with Gasteiger partial charge in [-0.1, -0.05) is 27.7 Å². The number of rotatable bonds is 10. The van der Waals surface area contributed by atoms with E-state index in [1.165, 1.54) is 21.0 Å². The highest BCUT2D eigenvalue weighted by Crippen LogP contribution is 2.38. The molecule has 0 saturated carbocycles. The Kier molecular flexibility index (Phi) is 16.4. The van der Waals surface area contributed by atoms with Gasteiger partial charge in [0.1, 0.15) is 35.8 Å². The standard InChI is InChI=1S/C38H67NO14/c1-12-27-38(9,47)33(44)21(4)29(42)19(2)16-26(41)32(53-36-30(43)25(17-20(3)49-36)39(10)14-13-15-40)22(5)31(23(6)35(46)51-27)52-28-18-37(8,48-11)34(45)24(7)50-28/h19-25,27-28,30-34,36,40,43-45,47H,12-18H2,1-11H3/t19-,20-,21+,22+,23-,24+,25+,27-,28?,30-,31+,32-,33-,34+,36?,37-,38-/m1/s1. The van der Waals surface area contributed by atoms with Crippen LogP contribution in [0.2, 0.25) is 0 Å². The van der Waals surface area contributed by atoms with E-state index in [0.717, 1.165) is 0 Å². The Labute approximate surface area is 314 Å². The molecule has 3 aliphatic rings. The van der Waals surface area contributed by atoms with E-state index in [2.05, 4.69) is 0 Å². The van der Waals surface area contributed by atoms with Crippen molar-refractivity contribution < 1.29 is 68.3 Å². The Hall–Kier alpha value is -1.63. The third-order valence-electron chi connectivity index (χ3n) is 11.9. The minimum absolute atomic E-state index is 0.0235. The predicted molar refractivity (Wildman–Crippen MR) is 191 cm³/mol. The number of hydrogen-bond donors (Lipinski definition) is 5. The van der Waals surface area contributed by atoms with Gasteiger partial charge in [0.2, 0.25) is 0 Å². The number of methoxy groups -OCH3 is 1. The molecule has 17 atom stereocenters. The molecule has 0 radical (unpaired) electrons. The molecule has 2 unspecified atom stereocenters. The zero-order valence-electron chi connectivity index (χ0n) is 33.5. The highest BCUT2D eigenvalue weighted by molar-refractivity contribution is 5.91. The quantitative estimate of drug-likeness (QED) is 0.199. The smallest absolute Gasteiger partial charge is 0.311 e. The maximum absolute atomic E-state index is 14.4. The van der Waals surface area contributed by atoms with E-state index in [1.54, 1.807) is 41.5 Å². The summed E-state index contributed by atoms with van der Waals surface area (Å²) < 4.78 is 36.7. The summed E-state index contributed by atoms with van der Waals surface area (Å²) in [7, 11) is 3.29. The Balaban J connectivity index is 2.13. The third-order valence-corrected chi connectivity index (χ3v) is 11.9. The monoisotopic (exact) mass is 761 g/mol. The minimum Gasteiger partial charge on any atom is -0.459 e. The molecule has 0 amide bonds. The van der Waals surface area contributed by atoms with Crippen LogP contribution in [0.5, 0.6) is 0 Å². The number of likely N-dealkylation sites (N-methyl/N-ethyl adjacent to an activating group) is 1. The lowest BCUT2D eigenvalue weighted by molar-refractivity contribution is -0.304. The van der Waals surface area contributed by atoms with Crippen molar-refractivity contribution in [3.8, 4) is 0 Å². The zero-order chi connectivity index (χ0) is 40.2. The number of ether oxygens (including phenoxy) is 6. The topological polar surface area (TPSA) is 211 Å². The van der Waals surface area contributed by atoms with Crippen LogP contribution < -0.4 is 0 Å². The van der Waals surface area contributed by atoms with Crippen molar-refractivity contribution in [1.82, 2.24) is 4.90 Å². The molecule has 308 valence electrons. The Morgan fingerprint density at radius 3 is 2.17 bits per heavy atom. The van der Waals surface area contributed by atoms with E-state index in [1.807, 2.05) is 18.9 Å². The fourth-order valence-electron chi connectivity index (χ4n) is 8.16. The number of cyclic esters (lactones) is 1. The molecule has 0 aliphatic carbocycles. The lowest BCUT2D eigenvalue weighted by atomic mass is 9.77. The second-order valence-corrected chi connectivity index (χ2v) is 16.2. The molecule has 3 aliphatic heterocycles. The number of carbonyl (C=O) groups excluding carboxylic acids is 3. The Morgan fingerprint density at radius 2 is 1.58 bits per heavy atom. The molecule has 53 heavy (non-hydrogen) atoms. The van der Waals surface area contributed by atoms with Crippen molar-refractivity contribution in [1.29, 1.82) is 0 Å². The second-order valence-electron chi connectivity index (χ2n) is 16.2. The van der Waals surface area contributed by atoms with Crippen molar-refractivity contribution in [2.24, 2.45) is 23.7 Å². The fourth-order valence-corrected chi connectivity index (χ4v) is 8.16. The molecule has 3 heterocycles. The average Bonchev–Trinajstić information content (AvgIpc) is 3.11. The van der Waals surface area contributed by atoms with E-state index >= 15 is 0 Å². The molecule has 0 aromatic rings. The summed E-state index contributed by atoms with van der Waals surface area (Å²) in [5, 5.41) is 54.7. The van der Waals surface area contributed by atoms with Crippen molar-refractivity contribution in [3.63, 3.8) is 0 Å². The Bertz CT molecular complexity index is 1220. The molecule has 15 heteroatoms. The van der Waals surface area contributed by atoms with Gasteiger partial charge in [0.05, 0.1) is 35.9 Å². The number of Topliss-reactive ketones (excluding diaryl/α,β-unsaturated/α-hetero) is 2. The molecule has 0 bridgehead atoms. The normalized spacial score (nSPS) is 45.5. The molecule has 5 N–H and O–H groups in total. The first kappa shape index (κ1) is 45.8. The molecule has 0 aromatic heterocycles. The number of carbonyl (C=O) groups is 3. The first-order valence-electron chi connectivity index (χ1n) is 19.2. The largest absolute Gasteiger partial charge is 0.459 e. The lowest BCUT2D eigenvalue weighted by Crippen LogP contribution is -2.59. The molecule has 3 fully saturated rings. The van der Waals surface area contributed by atoms with E-state index in [-0.39, 0.29) is 32.0 Å².